The first-order valence-electron chi connectivity index (χ1n) is 8.11. The lowest BCUT2D eigenvalue weighted by molar-refractivity contribution is -0.137. The number of aromatic amines is 1. The molecule has 2 aromatic heterocycles. The van der Waals surface area contributed by atoms with Crippen molar-refractivity contribution in [1.82, 2.24) is 9.97 Å². The first-order valence-corrected chi connectivity index (χ1v) is 8.99. The molecule has 0 spiro atoms. The Balaban J connectivity index is 1.66. The van der Waals surface area contributed by atoms with Crippen LogP contribution in [-0.4, -0.2) is 15.9 Å². The summed E-state index contributed by atoms with van der Waals surface area (Å²) in [6.07, 6.45) is 0.695. The van der Waals surface area contributed by atoms with Gasteiger partial charge in [0.2, 0.25) is 0 Å². The quantitative estimate of drug-likeness (QED) is 0.615. The van der Waals surface area contributed by atoms with E-state index in [4.69, 9.17) is 0 Å². The number of carbonyl (C=O) groups is 1. The molecule has 1 aliphatic heterocycles. The molecule has 1 aliphatic rings. The maximum Gasteiger partial charge on any atom is 0.416 e. The summed E-state index contributed by atoms with van der Waals surface area (Å²) in [5, 5.41) is 4.90. The van der Waals surface area contributed by atoms with Crippen molar-refractivity contribution in [2.45, 2.75) is 6.18 Å². The average molecular weight is 402 g/mol. The van der Waals surface area contributed by atoms with E-state index in [1.165, 1.54) is 23.5 Å². The molecule has 0 atom stereocenters. The van der Waals surface area contributed by atoms with Gasteiger partial charge in [-0.05, 0) is 42.5 Å². The van der Waals surface area contributed by atoms with E-state index in [1.54, 1.807) is 34.7 Å². The molecular formula is C19H13F3N4OS. The second kappa shape index (κ2) is 6.68. The third-order valence-electron chi connectivity index (χ3n) is 4.14. The number of rotatable bonds is 3. The van der Waals surface area contributed by atoms with Crippen molar-refractivity contribution in [1.29, 1.82) is 0 Å². The van der Waals surface area contributed by atoms with E-state index in [9.17, 15) is 18.0 Å². The Hall–Kier alpha value is -3.33. The van der Waals surface area contributed by atoms with E-state index in [2.05, 4.69) is 21.9 Å². The summed E-state index contributed by atoms with van der Waals surface area (Å²) < 4.78 is 38.5. The molecule has 0 saturated heterocycles. The fourth-order valence-corrected chi connectivity index (χ4v) is 3.37. The smallest absolute Gasteiger partial charge is 0.336 e. The van der Waals surface area contributed by atoms with Gasteiger partial charge in [0.05, 0.1) is 5.56 Å². The Morgan fingerprint density at radius 1 is 1.21 bits per heavy atom. The van der Waals surface area contributed by atoms with Crippen molar-refractivity contribution in [3.05, 3.63) is 77.1 Å². The van der Waals surface area contributed by atoms with Gasteiger partial charge in [0.15, 0.2) is 5.13 Å². The number of amides is 1. The Kier molecular flexibility index (Phi) is 4.31. The Morgan fingerprint density at radius 3 is 2.61 bits per heavy atom. The number of halogens is 3. The van der Waals surface area contributed by atoms with Crippen LogP contribution in [0.3, 0.4) is 0 Å². The van der Waals surface area contributed by atoms with Gasteiger partial charge in [0.1, 0.15) is 11.5 Å². The van der Waals surface area contributed by atoms with Crippen molar-refractivity contribution >= 4 is 40.0 Å². The molecule has 0 bridgehead atoms. The molecule has 3 heterocycles. The Labute approximate surface area is 161 Å². The van der Waals surface area contributed by atoms with Crippen molar-refractivity contribution in [3.8, 4) is 0 Å². The number of fused-ring (bicyclic) bond motifs is 1. The lowest BCUT2D eigenvalue weighted by Crippen LogP contribution is -2.18. The van der Waals surface area contributed by atoms with Crippen LogP contribution < -0.4 is 10.2 Å². The predicted molar refractivity (Wildman–Crippen MR) is 103 cm³/mol. The maximum absolute atomic E-state index is 12.8. The summed E-state index contributed by atoms with van der Waals surface area (Å²) in [5.41, 5.74) is 1.34. The minimum absolute atomic E-state index is 0.302. The van der Waals surface area contributed by atoms with Crippen LogP contribution in [0.4, 0.5) is 29.8 Å². The average Bonchev–Trinajstić information content (AvgIpc) is 3.30. The normalized spacial score (nSPS) is 13.5. The van der Waals surface area contributed by atoms with E-state index >= 15 is 0 Å². The van der Waals surface area contributed by atoms with E-state index in [0.29, 0.717) is 28.0 Å². The first-order chi connectivity index (χ1) is 13.3. The summed E-state index contributed by atoms with van der Waals surface area (Å²) in [5.74, 6) is 0.187. The second-order valence-corrected chi connectivity index (χ2v) is 6.88. The number of hydrogen-bond donors (Lipinski definition) is 2. The standard InChI is InChI=1S/C19H13F3N4OS/c1-11-2-3-12-10-15(17(27)25-18-23-8-9-28-18)24-16(12)26(11)14-6-4-13(5-7-14)19(20,21)22/h2-10,24H,1H2,(H,23,25,27). The molecule has 5 nitrogen and oxygen atoms in total. The van der Waals surface area contributed by atoms with Gasteiger partial charge < -0.3 is 4.98 Å². The summed E-state index contributed by atoms with van der Waals surface area (Å²) in [6.45, 7) is 3.94. The molecule has 28 heavy (non-hydrogen) atoms. The fourth-order valence-electron chi connectivity index (χ4n) is 2.84. The van der Waals surface area contributed by atoms with Crippen LogP contribution in [0.1, 0.15) is 21.6 Å². The number of nitrogens with zero attached hydrogens (tertiary/aromatic N) is 2. The Morgan fingerprint density at radius 2 is 1.96 bits per heavy atom. The van der Waals surface area contributed by atoms with Crippen LogP contribution in [0.25, 0.3) is 6.08 Å². The van der Waals surface area contributed by atoms with Crippen LogP contribution in [0, 0.1) is 0 Å². The molecule has 0 radical (unpaired) electrons. The molecule has 3 aromatic rings. The van der Waals surface area contributed by atoms with Gasteiger partial charge in [-0.3, -0.25) is 15.0 Å². The summed E-state index contributed by atoms with van der Waals surface area (Å²) in [7, 11) is 0. The number of carbonyl (C=O) groups excluding carboxylic acids is 1. The molecule has 9 heteroatoms. The fraction of sp³-hybridized carbons (Fsp3) is 0.0526. The van der Waals surface area contributed by atoms with Gasteiger partial charge in [0, 0.05) is 28.5 Å². The molecule has 0 fully saturated rings. The zero-order valence-electron chi connectivity index (χ0n) is 14.2. The maximum atomic E-state index is 12.8. The summed E-state index contributed by atoms with van der Waals surface area (Å²) in [4.78, 5) is 21.1. The van der Waals surface area contributed by atoms with E-state index in [-0.39, 0.29) is 5.91 Å². The highest BCUT2D eigenvalue weighted by atomic mass is 32.1. The highest BCUT2D eigenvalue weighted by molar-refractivity contribution is 7.13. The second-order valence-electron chi connectivity index (χ2n) is 5.98. The van der Waals surface area contributed by atoms with Crippen LogP contribution in [-0.2, 0) is 6.18 Å². The van der Waals surface area contributed by atoms with Gasteiger partial charge in [-0.25, -0.2) is 4.98 Å². The van der Waals surface area contributed by atoms with Crippen LogP contribution in [0.15, 0.2) is 60.3 Å². The number of benzene rings is 1. The van der Waals surface area contributed by atoms with Gasteiger partial charge >= 0.3 is 6.18 Å². The summed E-state index contributed by atoms with van der Waals surface area (Å²) in [6, 6.07) is 6.43. The van der Waals surface area contributed by atoms with Gasteiger partial charge in [-0.15, -0.1) is 11.3 Å². The zero-order valence-corrected chi connectivity index (χ0v) is 15.1. The monoisotopic (exact) mass is 402 g/mol. The molecule has 4 rings (SSSR count). The molecule has 0 saturated carbocycles. The minimum atomic E-state index is -4.41. The molecular weight excluding hydrogens is 389 g/mol. The van der Waals surface area contributed by atoms with Gasteiger partial charge in [-0.2, -0.15) is 13.2 Å². The molecule has 2 N–H and O–H groups in total. The predicted octanol–water partition coefficient (Wildman–Crippen LogP) is 5.42. The largest absolute Gasteiger partial charge is 0.416 e. The lowest BCUT2D eigenvalue weighted by Gasteiger charge is -2.27. The zero-order chi connectivity index (χ0) is 19.9. The minimum Gasteiger partial charge on any atom is -0.336 e. The highest BCUT2D eigenvalue weighted by Gasteiger charge is 2.31. The number of aromatic nitrogens is 2. The third kappa shape index (κ3) is 3.31. The van der Waals surface area contributed by atoms with Crippen LogP contribution in [0.5, 0.6) is 0 Å². The van der Waals surface area contributed by atoms with Crippen LogP contribution >= 0.6 is 11.3 Å². The number of allylic oxidation sites excluding steroid dienone is 1. The van der Waals surface area contributed by atoms with Gasteiger partial charge in [-0.1, -0.05) is 6.58 Å². The van der Waals surface area contributed by atoms with Crippen LogP contribution in [0.2, 0.25) is 0 Å². The molecule has 0 unspecified atom stereocenters. The van der Waals surface area contributed by atoms with E-state index in [0.717, 1.165) is 17.7 Å². The molecule has 142 valence electrons. The molecule has 1 aromatic carbocycles. The van der Waals surface area contributed by atoms with Crippen molar-refractivity contribution in [2.24, 2.45) is 0 Å². The summed E-state index contributed by atoms with van der Waals surface area (Å²) >= 11 is 1.29. The number of nitrogens with one attached hydrogen (secondary N) is 2. The molecule has 1 amide bonds. The van der Waals surface area contributed by atoms with Crippen molar-refractivity contribution < 1.29 is 18.0 Å². The third-order valence-corrected chi connectivity index (χ3v) is 4.83. The van der Waals surface area contributed by atoms with E-state index in [1.807, 2.05) is 0 Å². The van der Waals surface area contributed by atoms with Gasteiger partial charge in [0.25, 0.3) is 5.91 Å². The Bertz CT molecular complexity index is 1070. The number of thiazole rings is 1. The number of H-pyrrole nitrogens is 1. The number of alkyl halides is 3. The topological polar surface area (TPSA) is 61.0 Å². The van der Waals surface area contributed by atoms with E-state index < -0.39 is 11.7 Å². The number of hydrogen-bond acceptors (Lipinski definition) is 4. The SMILES string of the molecule is C=C1C=Cc2cc(C(=O)Nc3nccs3)[nH]c2N1c1ccc(C(F)(F)F)cc1. The highest BCUT2D eigenvalue weighted by Crippen LogP contribution is 2.38. The number of anilines is 3. The van der Waals surface area contributed by atoms with Crippen molar-refractivity contribution in [3.63, 3.8) is 0 Å². The van der Waals surface area contributed by atoms with Crippen molar-refractivity contribution in [2.75, 3.05) is 10.2 Å². The lowest BCUT2D eigenvalue weighted by atomic mass is 10.1. The first kappa shape index (κ1) is 18.1. The molecule has 0 aliphatic carbocycles.